The number of aromatic nitrogens is 2. The number of aromatic amines is 1. The Bertz CT molecular complexity index is 485. The van der Waals surface area contributed by atoms with Crippen molar-refractivity contribution in [2.75, 3.05) is 0 Å². The Balaban J connectivity index is 0.00000128. The van der Waals surface area contributed by atoms with E-state index in [1.165, 1.54) is 18.3 Å². The van der Waals surface area contributed by atoms with Crippen molar-refractivity contribution in [3.63, 3.8) is 0 Å². The fourth-order valence-corrected chi connectivity index (χ4v) is 1.41. The number of halogens is 4. The molecule has 0 spiro atoms. The van der Waals surface area contributed by atoms with Gasteiger partial charge in [-0.1, -0.05) is 0 Å². The number of hydrogen-bond acceptors (Lipinski definition) is 1. The minimum atomic E-state index is -0.625. The van der Waals surface area contributed by atoms with Gasteiger partial charge in [-0.05, 0) is 12.1 Å². The largest absolute Gasteiger partial charge is 0.341 e. The summed E-state index contributed by atoms with van der Waals surface area (Å²) in [6.07, 6.45) is 1.47. The quantitative estimate of drug-likeness (QED) is 0.827. The van der Waals surface area contributed by atoms with Crippen molar-refractivity contribution < 1.29 is 8.78 Å². The molecule has 16 heavy (non-hydrogen) atoms. The lowest BCUT2D eigenvalue weighted by Crippen LogP contribution is -1.87. The summed E-state index contributed by atoms with van der Waals surface area (Å²) < 4.78 is 26.0. The van der Waals surface area contributed by atoms with Gasteiger partial charge in [0.1, 0.15) is 17.5 Å². The van der Waals surface area contributed by atoms with Gasteiger partial charge in [0.15, 0.2) is 0 Å². The number of H-pyrrole nitrogens is 1. The number of hydrogen-bond donors (Lipinski definition) is 1. The van der Waals surface area contributed by atoms with E-state index in [1.54, 1.807) is 0 Å². The molecule has 1 heterocycles. The summed E-state index contributed by atoms with van der Waals surface area (Å²) in [4.78, 5) is 6.76. The van der Waals surface area contributed by atoms with E-state index in [9.17, 15) is 8.78 Å². The SMILES string of the molecule is Cl.Fc1ccc(-c2cnc(CCl)[nH]2)c(F)c1. The van der Waals surface area contributed by atoms with E-state index in [0.717, 1.165) is 6.07 Å². The number of alkyl halides is 1. The van der Waals surface area contributed by atoms with Crippen LogP contribution in [0.1, 0.15) is 5.82 Å². The van der Waals surface area contributed by atoms with Gasteiger partial charge in [0, 0.05) is 11.6 Å². The van der Waals surface area contributed by atoms with Crippen molar-refractivity contribution in [2.24, 2.45) is 0 Å². The van der Waals surface area contributed by atoms with Crippen LogP contribution >= 0.6 is 24.0 Å². The molecule has 1 N–H and O–H groups in total. The van der Waals surface area contributed by atoms with E-state index in [0.29, 0.717) is 11.5 Å². The molecular weight excluding hydrogens is 257 g/mol. The first-order chi connectivity index (χ1) is 7.20. The average Bonchev–Trinajstić information content (AvgIpc) is 2.66. The van der Waals surface area contributed by atoms with Gasteiger partial charge < -0.3 is 4.98 Å². The standard InChI is InChI=1S/C10H7ClF2N2.ClH/c11-4-10-14-5-9(15-10)7-2-1-6(12)3-8(7)13;/h1-3,5H,4H2,(H,14,15);1H. The maximum Gasteiger partial charge on any atom is 0.135 e. The van der Waals surface area contributed by atoms with Crippen LogP contribution in [0.2, 0.25) is 0 Å². The minimum Gasteiger partial charge on any atom is -0.341 e. The highest BCUT2D eigenvalue weighted by atomic mass is 35.5. The summed E-state index contributed by atoms with van der Waals surface area (Å²) in [5, 5.41) is 0. The Kier molecular flexibility index (Phi) is 4.26. The van der Waals surface area contributed by atoms with Crippen LogP contribution in [0.5, 0.6) is 0 Å². The molecule has 0 amide bonds. The molecule has 0 saturated heterocycles. The van der Waals surface area contributed by atoms with E-state index in [-0.39, 0.29) is 23.9 Å². The van der Waals surface area contributed by atoms with Crippen LogP contribution in [0, 0.1) is 11.6 Å². The summed E-state index contributed by atoms with van der Waals surface area (Å²) in [5.74, 6) is -0.452. The fourth-order valence-electron chi connectivity index (χ4n) is 1.28. The second-order valence-electron chi connectivity index (χ2n) is 3.00. The summed E-state index contributed by atoms with van der Waals surface area (Å²) in [5.41, 5.74) is 0.767. The highest BCUT2D eigenvalue weighted by molar-refractivity contribution is 6.16. The van der Waals surface area contributed by atoms with E-state index >= 15 is 0 Å². The lowest BCUT2D eigenvalue weighted by atomic mass is 10.1. The molecule has 0 aliphatic rings. The maximum absolute atomic E-state index is 13.3. The van der Waals surface area contributed by atoms with E-state index in [2.05, 4.69) is 9.97 Å². The second-order valence-corrected chi connectivity index (χ2v) is 3.27. The Hall–Kier alpha value is -1.13. The van der Waals surface area contributed by atoms with E-state index < -0.39 is 11.6 Å². The van der Waals surface area contributed by atoms with Crippen molar-refractivity contribution in [3.05, 3.63) is 41.9 Å². The van der Waals surface area contributed by atoms with Gasteiger partial charge in [-0.25, -0.2) is 13.8 Å². The topological polar surface area (TPSA) is 28.7 Å². The normalized spacial score (nSPS) is 9.94. The number of rotatable bonds is 2. The molecular formula is C10H8Cl2F2N2. The maximum atomic E-state index is 13.3. The predicted octanol–water partition coefficient (Wildman–Crippen LogP) is 3.52. The second kappa shape index (κ2) is 5.27. The molecule has 6 heteroatoms. The van der Waals surface area contributed by atoms with Gasteiger partial charge in [0.05, 0.1) is 17.8 Å². The van der Waals surface area contributed by atoms with Crippen LogP contribution in [0.3, 0.4) is 0 Å². The Labute approximate surface area is 102 Å². The summed E-state index contributed by atoms with van der Waals surface area (Å²) in [7, 11) is 0. The molecule has 0 saturated carbocycles. The lowest BCUT2D eigenvalue weighted by molar-refractivity contribution is 0.585. The smallest absolute Gasteiger partial charge is 0.135 e. The first-order valence-electron chi connectivity index (χ1n) is 4.26. The average molecular weight is 265 g/mol. The van der Waals surface area contributed by atoms with Gasteiger partial charge in [-0.15, -0.1) is 24.0 Å². The molecule has 2 rings (SSSR count). The lowest BCUT2D eigenvalue weighted by Gasteiger charge is -1.99. The van der Waals surface area contributed by atoms with Gasteiger partial charge in [0.2, 0.25) is 0 Å². The molecule has 0 aliphatic carbocycles. The van der Waals surface area contributed by atoms with Crippen molar-refractivity contribution in [3.8, 4) is 11.3 Å². The van der Waals surface area contributed by atoms with Gasteiger partial charge in [-0.3, -0.25) is 0 Å². The highest BCUT2D eigenvalue weighted by Crippen LogP contribution is 2.21. The zero-order valence-electron chi connectivity index (χ0n) is 8.01. The van der Waals surface area contributed by atoms with Crippen LogP contribution in [0.4, 0.5) is 8.78 Å². The van der Waals surface area contributed by atoms with Crippen LogP contribution in [0.15, 0.2) is 24.4 Å². The summed E-state index contributed by atoms with van der Waals surface area (Å²) in [6.45, 7) is 0. The first-order valence-corrected chi connectivity index (χ1v) is 4.79. The third-order valence-corrected chi connectivity index (χ3v) is 2.23. The fraction of sp³-hybridized carbons (Fsp3) is 0.100. The molecule has 2 nitrogen and oxygen atoms in total. The molecule has 86 valence electrons. The molecule has 0 bridgehead atoms. The third-order valence-electron chi connectivity index (χ3n) is 1.98. The van der Waals surface area contributed by atoms with Crippen LogP contribution in [-0.4, -0.2) is 9.97 Å². The minimum absolute atomic E-state index is 0. The first kappa shape index (κ1) is 12.9. The number of imidazole rings is 1. The molecule has 0 radical (unpaired) electrons. The number of benzene rings is 1. The highest BCUT2D eigenvalue weighted by Gasteiger charge is 2.08. The Morgan fingerprint density at radius 2 is 2.06 bits per heavy atom. The Morgan fingerprint density at radius 1 is 1.31 bits per heavy atom. The van der Waals surface area contributed by atoms with Gasteiger partial charge in [-0.2, -0.15) is 0 Å². The summed E-state index contributed by atoms with van der Waals surface area (Å²) in [6, 6.07) is 3.38. The molecule has 1 aromatic carbocycles. The summed E-state index contributed by atoms with van der Waals surface area (Å²) >= 11 is 5.55. The van der Waals surface area contributed by atoms with Crippen molar-refractivity contribution in [1.82, 2.24) is 9.97 Å². The van der Waals surface area contributed by atoms with Crippen molar-refractivity contribution >= 4 is 24.0 Å². The third kappa shape index (κ3) is 2.51. The van der Waals surface area contributed by atoms with Crippen LogP contribution in [-0.2, 0) is 5.88 Å². The van der Waals surface area contributed by atoms with Gasteiger partial charge in [0.25, 0.3) is 0 Å². The Morgan fingerprint density at radius 3 is 2.62 bits per heavy atom. The molecule has 2 aromatic rings. The molecule has 0 fully saturated rings. The van der Waals surface area contributed by atoms with Crippen LogP contribution in [0.25, 0.3) is 11.3 Å². The molecule has 1 aromatic heterocycles. The molecule has 0 aliphatic heterocycles. The van der Waals surface area contributed by atoms with Crippen molar-refractivity contribution in [2.45, 2.75) is 5.88 Å². The predicted molar refractivity (Wildman–Crippen MR) is 60.7 cm³/mol. The van der Waals surface area contributed by atoms with Crippen LogP contribution < -0.4 is 0 Å². The molecule has 0 atom stereocenters. The molecule has 0 unspecified atom stereocenters. The number of nitrogens with one attached hydrogen (secondary N) is 1. The monoisotopic (exact) mass is 264 g/mol. The zero-order valence-corrected chi connectivity index (χ0v) is 9.58. The van der Waals surface area contributed by atoms with Gasteiger partial charge >= 0.3 is 0 Å². The number of nitrogens with zero attached hydrogens (tertiary/aromatic N) is 1. The van der Waals surface area contributed by atoms with E-state index in [4.69, 9.17) is 11.6 Å². The van der Waals surface area contributed by atoms with Crippen molar-refractivity contribution in [1.29, 1.82) is 0 Å². The zero-order chi connectivity index (χ0) is 10.8. The van der Waals surface area contributed by atoms with E-state index in [1.807, 2.05) is 0 Å².